The van der Waals surface area contributed by atoms with Gasteiger partial charge in [0.15, 0.2) is 0 Å². The Balaban J connectivity index is 1.70. The number of halogens is 1. The first-order chi connectivity index (χ1) is 9.28. The maximum Gasteiger partial charge on any atom is 0.0249 e. The zero-order chi connectivity index (χ0) is 13.2. The largest absolute Gasteiger partial charge is 0.311 e. The van der Waals surface area contributed by atoms with Crippen LogP contribution in [0.2, 0.25) is 0 Å². The number of piperazine rings is 1. The third kappa shape index (κ3) is 3.21. The average molecular weight is 323 g/mol. The predicted octanol–water partition coefficient (Wildman–Crippen LogP) is 3.41. The molecule has 1 saturated carbocycles. The lowest BCUT2D eigenvalue weighted by Crippen LogP contribution is -2.56. The second-order valence-corrected chi connectivity index (χ2v) is 6.79. The molecule has 1 saturated heterocycles. The first-order valence-corrected chi connectivity index (χ1v) is 8.28. The van der Waals surface area contributed by atoms with Crippen molar-refractivity contribution in [2.45, 2.75) is 44.8 Å². The third-order valence-corrected chi connectivity index (χ3v) is 5.33. The van der Waals surface area contributed by atoms with E-state index in [0.29, 0.717) is 6.04 Å². The van der Waals surface area contributed by atoms with Crippen molar-refractivity contribution in [2.75, 3.05) is 13.1 Å². The molecule has 2 unspecified atom stereocenters. The maximum atomic E-state index is 3.76. The molecule has 2 nitrogen and oxygen atoms in total. The van der Waals surface area contributed by atoms with E-state index in [2.05, 4.69) is 57.3 Å². The number of rotatable bonds is 4. The molecule has 1 heterocycles. The summed E-state index contributed by atoms with van der Waals surface area (Å²) < 4.78 is 1.24. The number of nitrogens with one attached hydrogen (secondary N) is 1. The van der Waals surface area contributed by atoms with Gasteiger partial charge in [0, 0.05) is 36.2 Å². The van der Waals surface area contributed by atoms with Crippen LogP contribution in [0.4, 0.5) is 0 Å². The summed E-state index contributed by atoms with van der Waals surface area (Å²) in [4.78, 5) is 2.68. The van der Waals surface area contributed by atoms with Crippen LogP contribution in [0, 0.1) is 5.92 Å². The highest BCUT2D eigenvalue weighted by molar-refractivity contribution is 9.10. The number of benzene rings is 1. The Hall–Kier alpha value is -0.380. The molecule has 2 atom stereocenters. The molecule has 3 rings (SSSR count). The summed E-state index contributed by atoms with van der Waals surface area (Å²) in [6.45, 7) is 5.74. The molecular weight excluding hydrogens is 300 g/mol. The molecule has 1 aliphatic carbocycles. The van der Waals surface area contributed by atoms with Crippen LogP contribution in [-0.2, 0) is 6.54 Å². The van der Waals surface area contributed by atoms with E-state index in [1.54, 1.807) is 0 Å². The Morgan fingerprint density at radius 2 is 2.11 bits per heavy atom. The lowest BCUT2D eigenvalue weighted by atomic mass is 10.0. The maximum absolute atomic E-state index is 3.76. The summed E-state index contributed by atoms with van der Waals surface area (Å²) in [5, 5.41) is 3.76. The van der Waals surface area contributed by atoms with Gasteiger partial charge in [-0.05, 0) is 36.8 Å². The standard InChI is InChI=1S/C16H23BrN2/c1-2-14-9-18-16(12-7-8-12)11-19(14)10-13-5-3-4-6-15(13)17/h3-6,12,14,16,18H,2,7-11H2,1H3. The normalized spacial score (nSPS) is 28.5. The van der Waals surface area contributed by atoms with Crippen molar-refractivity contribution < 1.29 is 0 Å². The highest BCUT2D eigenvalue weighted by Crippen LogP contribution is 2.35. The third-order valence-electron chi connectivity index (χ3n) is 4.56. The summed E-state index contributed by atoms with van der Waals surface area (Å²) in [6.07, 6.45) is 4.09. The van der Waals surface area contributed by atoms with Gasteiger partial charge < -0.3 is 5.32 Å². The summed E-state index contributed by atoms with van der Waals surface area (Å²) in [5.74, 6) is 0.944. The van der Waals surface area contributed by atoms with Gasteiger partial charge in [-0.1, -0.05) is 41.1 Å². The zero-order valence-electron chi connectivity index (χ0n) is 11.6. The van der Waals surface area contributed by atoms with Crippen LogP contribution in [-0.4, -0.2) is 30.1 Å². The number of nitrogens with zero attached hydrogens (tertiary/aromatic N) is 1. The van der Waals surface area contributed by atoms with E-state index >= 15 is 0 Å². The molecule has 0 radical (unpaired) electrons. The lowest BCUT2D eigenvalue weighted by molar-refractivity contribution is 0.111. The van der Waals surface area contributed by atoms with Gasteiger partial charge in [-0.15, -0.1) is 0 Å². The van der Waals surface area contributed by atoms with Crippen LogP contribution >= 0.6 is 15.9 Å². The Kier molecular flexibility index (Phi) is 4.25. The lowest BCUT2D eigenvalue weighted by Gasteiger charge is -2.40. The molecule has 0 amide bonds. The SMILES string of the molecule is CCC1CNC(C2CC2)CN1Cc1ccccc1Br. The molecule has 104 valence electrons. The predicted molar refractivity (Wildman–Crippen MR) is 83.1 cm³/mol. The average Bonchev–Trinajstić information content (AvgIpc) is 3.26. The molecule has 2 aliphatic rings. The van der Waals surface area contributed by atoms with E-state index < -0.39 is 0 Å². The first-order valence-electron chi connectivity index (χ1n) is 7.48. The van der Waals surface area contributed by atoms with Gasteiger partial charge in [-0.3, -0.25) is 4.90 Å². The molecule has 1 aromatic carbocycles. The van der Waals surface area contributed by atoms with Crippen molar-refractivity contribution in [3.63, 3.8) is 0 Å². The van der Waals surface area contributed by atoms with Gasteiger partial charge in [-0.2, -0.15) is 0 Å². The molecule has 1 aromatic rings. The minimum atomic E-state index is 0.683. The van der Waals surface area contributed by atoms with Crippen LogP contribution in [0.3, 0.4) is 0 Å². The molecule has 0 bridgehead atoms. The van der Waals surface area contributed by atoms with E-state index in [1.165, 1.54) is 35.8 Å². The van der Waals surface area contributed by atoms with E-state index in [-0.39, 0.29) is 0 Å². The van der Waals surface area contributed by atoms with Crippen LogP contribution in [0.25, 0.3) is 0 Å². The molecular formula is C16H23BrN2. The minimum Gasteiger partial charge on any atom is -0.311 e. The second-order valence-electron chi connectivity index (χ2n) is 5.94. The molecule has 0 spiro atoms. The van der Waals surface area contributed by atoms with Crippen molar-refractivity contribution in [1.29, 1.82) is 0 Å². The highest BCUT2D eigenvalue weighted by Gasteiger charge is 2.36. The van der Waals surface area contributed by atoms with Gasteiger partial charge in [0.25, 0.3) is 0 Å². The van der Waals surface area contributed by atoms with E-state index in [4.69, 9.17) is 0 Å². The van der Waals surface area contributed by atoms with Crippen LogP contribution in [0.1, 0.15) is 31.7 Å². The van der Waals surface area contributed by atoms with Crippen molar-refractivity contribution >= 4 is 15.9 Å². The number of hydrogen-bond donors (Lipinski definition) is 1. The van der Waals surface area contributed by atoms with E-state index in [9.17, 15) is 0 Å². The summed E-state index contributed by atoms with van der Waals surface area (Å²) in [5.41, 5.74) is 1.41. The van der Waals surface area contributed by atoms with Crippen molar-refractivity contribution in [1.82, 2.24) is 10.2 Å². The summed E-state index contributed by atoms with van der Waals surface area (Å²) in [6, 6.07) is 10.0. The smallest absolute Gasteiger partial charge is 0.0249 e. The Morgan fingerprint density at radius 1 is 1.32 bits per heavy atom. The fourth-order valence-corrected chi connectivity index (χ4v) is 3.55. The Morgan fingerprint density at radius 3 is 2.79 bits per heavy atom. The summed E-state index contributed by atoms with van der Waals surface area (Å²) in [7, 11) is 0. The molecule has 1 aliphatic heterocycles. The van der Waals surface area contributed by atoms with Gasteiger partial charge in [0.05, 0.1) is 0 Å². The highest BCUT2D eigenvalue weighted by atomic mass is 79.9. The van der Waals surface area contributed by atoms with Crippen molar-refractivity contribution in [2.24, 2.45) is 5.92 Å². The van der Waals surface area contributed by atoms with Gasteiger partial charge >= 0.3 is 0 Å². The van der Waals surface area contributed by atoms with Crippen LogP contribution in [0.5, 0.6) is 0 Å². The molecule has 1 N–H and O–H groups in total. The Bertz CT molecular complexity index is 431. The van der Waals surface area contributed by atoms with E-state index in [0.717, 1.165) is 25.0 Å². The van der Waals surface area contributed by atoms with E-state index in [1.807, 2.05) is 0 Å². The minimum absolute atomic E-state index is 0.683. The fraction of sp³-hybridized carbons (Fsp3) is 0.625. The molecule has 3 heteroatoms. The van der Waals surface area contributed by atoms with Crippen molar-refractivity contribution in [3.8, 4) is 0 Å². The van der Waals surface area contributed by atoms with Crippen molar-refractivity contribution in [3.05, 3.63) is 34.3 Å². The monoisotopic (exact) mass is 322 g/mol. The molecule has 0 aromatic heterocycles. The van der Waals surface area contributed by atoms with Gasteiger partial charge in [0.1, 0.15) is 0 Å². The van der Waals surface area contributed by atoms with Gasteiger partial charge in [-0.25, -0.2) is 0 Å². The first kappa shape index (κ1) is 13.6. The topological polar surface area (TPSA) is 15.3 Å². The van der Waals surface area contributed by atoms with Gasteiger partial charge in [0.2, 0.25) is 0 Å². The number of hydrogen-bond acceptors (Lipinski definition) is 2. The molecule has 2 fully saturated rings. The quantitative estimate of drug-likeness (QED) is 0.913. The molecule has 19 heavy (non-hydrogen) atoms. The summed E-state index contributed by atoms with van der Waals surface area (Å²) >= 11 is 3.68. The Labute approximate surface area is 124 Å². The fourth-order valence-electron chi connectivity index (χ4n) is 3.14. The zero-order valence-corrected chi connectivity index (χ0v) is 13.2. The van der Waals surface area contributed by atoms with Crippen LogP contribution in [0.15, 0.2) is 28.7 Å². The van der Waals surface area contributed by atoms with Crippen LogP contribution < -0.4 is 5.32 Å². The second kappa shape index (κ2) is 5.94.